The summed E-state index contributed by atoms with van der Waals surface area (Å²) in [6.45, 7) is 3.54. The summed E-state index contributed by atoms with van der Waals surface area (Å²) >= 11 is 0. The first-order valence-electron chi connectivity index (χ1n) is 8.60. The van der Waals surface area contributed by atoms with Crippen LogP contribution in [0.25, 0.3) is 11.0 Å². The van der Waals surface area contributed by atoms with Gasteiger partial charge in [0, 0.05) is 24.1 Å². The van der Waals surface area contributed by atoms with Crippen molar-refractivity contribution in [2.24, 2.45) is 0 Å². The summed E-state index contributed by atoms with van der Waals surface area (Å²) in [5, 5.41) is 3.72. The Morgan fingerprint density at radius 1 is 1.28 bits per heavy atom. The van der Waals surface area contributed by atoms with E-state index >= 15 is 0 Å². The summed E-state index contributed by atoms with van der Waals surface area (Å²) in [6, 6.07) is 6.86. The van der Waals surface area contributed by atoms with Crippen LogP contribution in [0.5, 0.6) is 5.75 Å². The molecular formula is C19H26N2O4. The molecule has 6 heteroatoms. The first kappa shape index (κ1) is 19.0. The number of hydrogen-bond acceptors (Lipinski definition) is 5. The van der Waals surface area contributed by atoms with Crippen LogP contribution in [0.1, 0.15) is 25.3 Å². The minimum absolute atomic E-state index is 0.0631. The lowest BCUT2D eigenvalue weighted by molar-refractivity contribution is -0.123. The summed E-state index contributed by atoms with van der Waals surface area (Å²) in [7, 11) is 3.99. The number of hydrogen-bond donors (Lipinski definition) is 1. The SMILES string of the molecule is CCCc1cc(=O)oc2cc(OCC(=O)NCCCN(C)C)ccc12. The molecule has 0 spiro atoms. The minimum Gasteiger partial charge on any atom is -0.484 e. The summed E-state index contributed by atoms with van der Waals surface area (Å²) in [5.41, 5.74) is 1.09. The van der Waals surface area contributed by atoms with Crippen LogP contribution in [0.4, 0.5) is 0 Å². The van der Waals surface area contributed by atoms with Crippen LogP contribution in [-0.2, 0) is 11.2 Å². The number of carbonyl (C=O) groups excluding carboxylic acids is 1. The Morgan fingerprint density at radius 2 is 2.08 bits per heavy atom. The third-order valence-electron chi connectivity index (χ3n) is 3.80. The van der Waals surface area contributed by atoms with Gasteiger partial charge in [-0.3, -0.25) is 4.79 Å². The molecule has 0 aliphatic heterocycles. The van der Waals surface area contributed by atoms with Gasteiger partial charge in [0.25, 0.3) is 5.91 Å². The largest absolute Gasteiger partial charge is 0.484 e. The summed E-state index contributed by atoms with van der Waals surface area (Å²) in [4.78, 5) is 25.5. The van der Waals surface area contributed by atoms with E-state index in [9.17, 15) is 9.59 Å². The first-order valence-corrected chi connectivity index (χ1v) is 8.60. The third-order valence-corrected chi connectivity index (χ3v) is 3.80. The minimum atomic E-state index is -0.369. The second-order valence-corrected chi connectivity index (χ2v) is 6.29. The Bertz CT molecular complexity index is 768. The Hall–Kier alpha value is -2.34. The fourth-order valence-corrected chi connectivity index (χ4v) is 2.60. The van der Waals surface area contributed by atoms with Crippen molar-refractivity contribution in [2.45, 2.75) is 26.2 Å². The lowest BCUT2D eigenvalue weighted by atomic mass is 10.1. The number of carbonyl (C=O) groups is 1. The van der Waals surface area contributed by atoms with Gasteiger partial charge in [-0.1, -0.05) is 13.3 Å². The van der Waals surface area contributed by atoms with Crippen molar-refractivity contribution in [1.29, 1.82) is 0 Å². The molecule has 1 N–H and O–H groups in total. The van der Waals surface area contributed by atoms with E-state index in [-0.39, 0.29) is 18.1 Å². The Labute approximate surface area is 147 Å². The van der Waals surface area contributed by atoms with E-state index in [0.717, 1.165) is 36.8 Å². The van der Waals surface area contributed by atoms with Crippen LogP contribution in [0, 0.1) is 0 Å². The molecule has 1 amide bonds. The first-order chi connectivity index (χ1) is 12.0. The maximum absolute atomic E-state index is 11.8. The van der Waals surface area contributed by atoms with Gasteiger partial charge < -0.3 is 19.4 Å². The van der Waals surface area contributed by atoms with Crippen LogP contribution >= 0.6 is 0 Å². The van der Waals surface area contributed by atoms with Gasteiger partial charge in [-0.15, -0.1) is 0 Å². The molecule has 0 atom stereocenters. The molecule has 0 aliphatic rings. The number of rotatable bonds is 9. The number of amides is 1. The predicted molar refractivity (Wildman–Crippen MR) is 98.2 cm³/mol. The lowest BCUT2D eigenvalue weighted by Crippen LogP contribution is -2.31. The Morgan fingerprint density at radius 3 is 2.80 bits per heavy atom. The van der Waals surface area contributed by atoms with Crippen molar-refractivity contribution < 1.29 is 13.9 Å². The number of nitrogens with one attached hydrogen (secondary N) is 1. The quantitative estimate of drug-likeness (QED) is 0.557. The molecule has 0 saturated heterocycles. The smallest absolute Gasteiger partial charge is 0.336 e. The summed E-state index contributed by atoms with van der Waals surface area (Å²) in [6.07, 6.45) is 2.66. The van der Waals surface area contributed by atoms with E-state index < -0.39 is 0 Å². The van der Waals surface area contributed by atoms with Gasteiger partial charge in [0.2, 0.25) is 0 Å². The van der Waals surface area contributed by atoms with Crippen LogP contribution in [0.15, 0.2) is 33.5 Å². The highest BCUT2D eigenvalue weighted by atomic mass is 16.5. The van der Waals surface area contributed by atoms with E-state index in [1.165, 1.54) is 6.07 Å². The van der Waals surface area contributed by atoms with Gasteiger partial charge in [0.15, 0.2) is 6.61 Å². The van der Waals surface area contributed by atoms with Crippen molar-refractivity contribution in [1.82, 2.24) is 10.2 Å². The van der Waals surface area contributed by atoms with Gasteiger partial charge in [0.05, 0.1) is 0 Å². The van der Waals surface area contributed by atoms with E-state index in [4.69, 9.17) is 9.15 Å². The van der Waals surface area contributed by atoms with E-state index in [1.54, 1.807) is 12.1 Å². The second kappa shape index (κ2) is 9.22. The number of benzene rings is 1. The monoisotopic (exact) mass is 346 g/mol. The predicted octanol–water partition coefficient (Wildman–Crippen LogP) is 2.19. The van der Waals surface area contributed by atoms with Crippen LogP contribution in [0.3, 0.4) is 0 Å². The molecule has 1 aromatic carbocycles. The Balaban J connectivity index is 1.95. The summed E-state index contributed by atoms with van der Waals surface area (Å²) < 4.78 is 10.8. The maximum Gasteiger partial charge on any atom is 0.336 e. The fourth-order valence-electron chi connectivity index (χ4n) is 2.60. The van der Waals surface area contributed by atoms with Crippen LogP contribution < -0.4 is 15.7 Å². The zero-order valence-corrected chi connectivity index (χ0v) is 15.1. The zero-order valence-electron chi connectivity index (χ0n) is 15.1. The van der Waals surface area contributed by atoms with Crippen LogP contribution in [-0.4, -0.2) is 44.6 Å². The summed E-state index contributed by atoms with van der Waals surface area (Å²) in [5.74, 6) is 0.341. The highest BCUT2D eigenvalue weighted by Crippen LogP contribution is 2.23. The number of fused-ring (bicyclic) bond motifs is 1. The van der Waals surface area contributed by atoms with E-state index in [0.29, 0.717) is 17.9 Å². The van der Waals surface area contributed by atoms with E-state index in [1.807, 2.05) is 20.2 Å². The van der Waals surface area contributed by atoms with Crippen LogP contribution in [0.2, 0.25) is 0 Å². The maximum atomic E-state index is 11.8. The standard InChI is InChI=1S/C19H26N2O4/c1-4-6-14-11-19(23)25-17-12-15(7-8-16(14)17)24-13-18(22)20-9-5-10-21(2)3/h7-8,11-12H,4-6,9-10,13H2,1-3H3,(H,20,22). The molecule has 1 aromatic heterocycles. The van der Waals surface area contributed by atoms with Gasteiger partial charge in [-0.2, -0.15) is 0 Å². The molecular weight excluding hydrogens is 320 g/mol. The van der Waals surface area contributed by atoms with Crippen molar-refractivity contribution in [3.05, 3.63) is 40.2 Å². The average Bonchev–Trinajstić information content (AvgIpc) is 2.56. The molecule has 2 rings (SSSR count). The highest BCUT2D eigenvalue weighted by molar-refractivity contribution is 5.82. The number of nitrogens with zero attached hydrogens (tertiary/aromatic N) is 1. The highest BCUT2D eigenvalue weighted by Gasteiger charge is 2.08. The van der Waals surface area contributed by atoms with E-state index in [2.05, 4.69) is 17.1 Å². The van der Waals surface area contributed by atoms with Gasteiger partial charge in [0.1, 0.15) is 11.3 Å². The molecule has 0 fully saturated rings. The zero-order chi connectivity index (χ0) is 18.2. The van der Waals surface area contributed by atoms with Gasteiger partial charge in [-0.25, -0.2) is 4.79 Å². The molecule has 136 valence electrons. The van der Waals surface area contributed by atoms with Crippen molar-refractivity contribution in [3.63, 3.8) is 0 Å². The molecule has 0 saturated carbocycles. The van der Waals surface area contributed by atoms with Crippen molar-refractivity contribution in [2.75, 3.05) is 33.8 Å². The topological polar surface area (TPSA) is 71.8 Å². The fraction of sp³-hybridized carbons (Fsp3) is 0.474. The molecule has 1 heterocycles. The number of ether oxygens (including phenoxy) is 1. The normalized spacial score (nSPS) is 11.0. The molecule has 2 aromatic rings. The second-order valence-electron chi connectivity index (χ2n) is 6.29. The molecule has 6 nitrogen and oxygen atoms in total. The molecule has 0 unspecified atom stereocenters. The molecule has 0 aliphatic carbocycles. The molecule has 0 radical (unpaired) electrons. The number of aryl methyl sites for hydroxylation is 1. The average molecular weight is 346 g/mol. The van der Waals surface area contributed by atoms with Crippen molar-refractivity contribution >= 4 is 16.9 Å². The molecule has 0 bridgehead atoms. The van der Waals surface area contributed by atoms with Gasteiger partial charge in [-0.05, 0) is 51.2 Å². The molecule has 25 heavy (non-hydrogen) atoms. The third kappa shape index (κ3) is 5.90. The Kier molecular flexibility index (Phi) is 7.01. The van der Waals surface area contributed by atoms with Gasteiger partial charge >= 0.3 is 5.63 Å². The lowest BCUT2D eigenvalue weighted by Gasteiger charge is -2.11. The van der Waals surface area contributed by atoms with Crippen molar-refractivity contribution in [3.8, 4) is 5.75 Å².